The molecule has 2 rings (SSSR count). The van der Waals surface area contributed by atoms with E-state index in [4.69, 9.17) is 5.73 Å². The highest BCUT2D eigenvalue weighted by atomic mass is 32.2. The SMILES string of the molecule is CSc1nc(N)cc(NC2CCCC2CO)n1. The molecule has 1 aromatic rings. The van der Waals surface area contributed by atoms with Crippen molar-refractivity contribution in [3.8, 4) is 0 Å². The van der Waals surface area contributed by atoms with Crippen LogP contribution in [0.2, 0.25) is 0 Å². The lowest BCUT2D eigenvalue weighted by Gasteiger charge is -2.19. The number of aliphatic hydroxyl groups is 1. The second kappa shape index (κ2) is 5.55. The third-order valence-corrected chi connectivity index (χ3v) is 3.68. The van der Waals surface area contributed by atoms with Crippen molar-refractivity contribution < 1.29 is 5.11 Å². The highest BCUT2D eigenvalue weighted by Gasteiger charge is 2.26. The zero-order valence-corrected chi connectivity index (χ0v) is 10.7. The van der Waals surface area contributed by atoms with Gasteiger partial charge in [0.25, 0.3) is 0 Å². The van der Waals surface area contributed by atoms with Gasteiger partial charge in [0.15, 0.2) is 5.16 Å². The molecule has 6 heteroatoms. The van der Waals surface area contributed by atoms with Crippen LogP contribution in [0.25, 0.3) is 0 Å². The number of nitrogens with two attached hydrogens (primary N) is 1. The Morgan fingerprint density at radius 2 is 2.35 bits per heavy atom. The fourth-order valence-electron chi connectivity index (χ4n) is 2.24. The molecule has 4 N–H and O–H groups in total. The van der Waals surface area contributed by atoms with E-state index in [2.05, 4.69) is 15.3 Å². The molecule has 0 aromatic carbocycles. The van der Waals surface area contributed by atoms with Crippen LogP contribution < -0.4 is 11.1 Å². The van der Waals surface area contributed by atoms with Crippen LogP contribution in [0.1, 0.15) is 19.3 Å². The number of anilines is 2. The van der Waals surface area contributed by atoms with Crippen molar-refractivity contribution >= 4 is 23.4 Å². The average molecular weight is 254 g/mol. The van der Waals surface area contributed by atoms with Crippen LogP contribution in [0.15, 0.2) is 11.2 Å². The predicted octanol–water partition coefficient (Wildman–Crippen LogP) is 1.35. The standard InChI is InChI=1S/C11H18N4OS/c1-17-11-14-9(12)5-10(15-11)13-8-4-2-3-7(8)6-16/h5,7-8,16H,2-4,6H2,1H3,(H3,12,13,14,15). The molecule has 1 saturated carbocycles. The maximum atomic E-state index is 9.27. The van der Waals surface area contributed by atoms with Crippen molar-refractivity contribution in [2.45, 2.75) is 30.5 Å². The number of rotatable bonds is 4. The molecule has 1 aliphatic rings. The Morgan fingerprint density at radius 1 is 1.53 bits per heavy atom. The Hall–Kier alpha value is -1.01. The molecule has 0 aliphatic heterocycles. The summed E-state index contributed by atoms with van der Waals surface area (Å²) in [6.45, 7) is 0.230. The second-order valence-electron chi connectivity index (χ2n) is 4.29. The molecular weight excluding hydrogens is 236 g/mol. The van der Waals surface area contributed by atoms with Gasteiger partial charge in [0.05, 0.1) is 0 Å². The molecule has 1 aliphatic carbocycles. The zero-order chi connectivity index (χ0) is 12.3. The number of nitrogens with one attached hydrogen (secondary N) is 1. The molecule has 0 amide bonds. The van der Waals surface area contributed by atoms with Crippen LogP contribution in [0.4, 0.5) is 11.6 Å². The van der Waals surface area contributed by atoms with Gasteiger partial charge in [-0.25, -0.2) is 9.97 Å². The topological polar surface area (TPSA) is 84.1 Å². The summed E-state index contributed by atoms with van der Waals surface area (Å²) >= 11 is 1.47. The lowest BCUT2D eigenvalue weighted by Crippen LogP contribution is -2.27. The molecule has 5 nitrogen and oxygen atoms in total. The summed E-state index contributed by atoms with van der Waals surface area (Å²) in [6.07, 6.45) is 5.22. The maximum absolute atomic E-state index is 9.27. The van der Waals surface area contributed by atoms with Gasteiger partial charge in [-0.15, -0.1) is 0 Å². The van der Waals surface area contributed by atoms with Gasteiger partial charge in [0, 0.05) is 24.6 Å². The Labute approximate surface area is 105 Å². The Morgan fingerprint density at radius 3 is 3.06 bits per heavy atom. The van der Waals surface area contributed by atoms with Crippen molar-refractivity contribution in [3.05, 3.63) is 6.07 Å². The van der Waals surface area contributed by atoms with Gasteiger partial charge in [-0.1, -0.05) is 18.2 Å². The second-order valence-corrected chi connectivity index (χ2v) is 5.06. The van der Waals surface area contributed by atoms with Gasteiger partial charge < -0.3 is 16.2 Å². The number of thioether (sulfide) groups is 1. The first-order valence-corrected chi connectivity index (χ1v) is 7.01. The van der Waals surface area contributed by atoms with E-state index in [-0.39, 0.29) is 6.61 Å². The lowest BCUT2D eigenvalue weighted by molar-refractivity contribution is 0.222. The normalized spacial score (nSPS) is 23.9. The van der Waals surface area contributed by atoms with Crippen LogP contribution in [0, 0.1) is 5.92 Å². The van der Waals surface area contributed by atoms with Crippen molar-refractivity contribution in [2.24, 2.45) is 5.92 Å². The monoisotopic (exact) mass is 254 g/mol. The van der Waals surface area contributed by atoms with Gasteiger partial charge >= 0.3 is 0 Å². The fraction of sp³-hybridized carbons (Fsp3) is 0.636. The van der Waals surface area contributed by atoms with E-state index in [0.29, 0.717) is 22.9 Å². The molecule has 17 heavy (non-hydrogen) atoms. The summed E-state index contributed by atoms with van der Waals surface area (Å²) in [6, 6.07) is 2.04. The van der Waals surface area contributed by atoms with E-state index in [9.17, 15) is 5.11 Å². The first-order valence-electron chi connectivity index (χ1n) is 5.79. The van der Waals surface area contributed by atoms with Gasteiger partial charge in [-0.05, 0) is 19.1 Å². The summed E-state index contributed by atoms with van der Waals surface area (Å²) in [5, 5.41) is 13.3. The number of hydrogen-bond acceptors (Lipinski definition) is 6. The molecule has 0 spiro atoms. The van der Waals surface area contributed by atoms with Crippen LogP contribution in [0.3, 0.4) is 0 Å². The number of hydrogen-bond donors (Lipinski definition) is 3. The summed E-state index contributed by atoms with van der Waals surface area (Å²) < 4.78 is 0. The quantitative estimate of drug-likeness (QED) is 0.555. The van der Waals surface area contributed by atoms with E-state index in [1.165, 1.54) is 11.8 Å². The van der Waals surface area contributed by atoms with Crippen molar-refractivity contribution in [3.63, 3.8) is 0 Å². The van der Waals surface area contributed by atoms with Crippen LogP contribution in [0.5, 0.6) is 0 Å². The lowest BCUT2D eigenvalue weighted by atomic mass is 10.1. The minimum atomic E-state index is 0.230. The largest absolute Gasteiger partial charge is 0.396 e. The Kier molecular flexibility index (Phi) is 4.06. The summed E-state index contributed by atoms with van der Waals surface area (Å²) in [5.41, 5.74) is 5.72. The molecule has 0 saturated heterocycles. The number of aromatic nitrogens is 2. The minimum absolute atomic E-state index is 0.230. The smallest absolute Gasteiger partial charge is 0.191 e. The first-order chi connectivity index (χ1) is 8.22. The third-order valence-electron chi connectivity index (χ3n) is 3.13. The van der Waals surface area contributed by atoms with Gasteiger partial charge in [-0.2, -0.15) is 0 Å². The fourth-order valence-corrected chi connectivity index (χ4v) is 2.63. The molecule has 0 radical (unpaired) electrons. The molecule has 2 atom stereocenters. The van der Waals surface area contributed by atoms with Crippen LogP contribution in [-0.4, -0.2) is 34.0 Å². The highest BCUT2D eigenvalue weighted by molar-refractivity contribution is 7.98. The molecule has 0 bridgehead atoms. The van der Waals surface area contributed by atoms with E-state index in [0.717, 1.165) is 25.1 Å². The van der Waals surface area contributed by atoms with Gasteiger partial charge in [0.1, 0.15) is 11.6 Å². The van der Waals surface area contributed by atoms with Gasteiger partial charge in [0.2, 0.25) is 0 Å². The third kappa shape index (κ3) is 3.01. The number of nitrogen functional groups attached to an aromatic ring is 1. The summed E-state index contributed by atoms with van der Waals surface area (Å²) in [5.74, 6) is 1.56. The molecular formula is C11H18N4OS. The zero-order valence-electron chi connectivity index (χ0n) is 9.89. The molecule has 1 heterocycles. The summed E-state index contributed by atoms with van der Waals surface area (Å²) in [4.78, 5) is 8.47. The van der Waals surface area contributed by atoms with Crippen LogP contribution >= 0.6 is 11.8 Å². The van der Waals surface area contributed by atoms with Crippen LogP contribution in [-0.2, 0) is 0 Å². The molecule has 1 fully saturated rings. The predicted molar refractivity (Wildman–Crippen MR) is 70.1 cm³/mol. The maximum Gasteiger partial charge on any atom is 0.191 e. The Bertz CT molecular complexity index is 388. The van der Waals surface area contributed by atoms with Crippen molar-refractivity contribution in [1.29, 1.82) is 0 Å². The highest BCUT2D eigenvalue weighted by Crippen LogP contribution is 2.28. The van der Waals surface area contributed by atoms with Crippen molar-refractivity contribution in [1.82, 2.24) is 9.97 Å². The summed E-state index contributed by atoms with van der Waals surface area (Å²) in [7, 11) is 0. The number of aliphatic hydroxyl groups excluding tert-OH is 1. The first kappa shape index (κ1) is 12.4. The van der Waals surface area contributed by atoms with E-state index < -0.39 is 0 Å². The van der Waals surface area contributed by atoms with E-state index >= 15 is 0 Å². The minimum Gasteiger partial charge on any atom is -0.396 e. The molecule has 2 unspecified atom stereocenters. The van der Waals surface area contributed by atoms with Crippen molar-refractivity contribution in [2.75, 3.05) is 23.9 Å². The number of nitrogens with zero attached hydrogens (tertiary/aromatic N) is 2. The van der Waals surface area contributed by atoms with Gasteiger partial charge in [-0.3, -0.25) is 0 Å². The Balaban J connectivity index is 2.09. The molecule has 1 aromatic heterocycles. The van der Waals surface area contributed by atoms with E-state index in [1.54, 1.807) is 6.07 Å². The average Bonchev–Trinajstić information content (AvgIpc) is 2.75. The molecule has 94 valence electrons. The van der Waals surface area contributed by atoms with E-state index in [1.807, 2.05) is 6.26 Å².